The molecule has 0 aromatic heterocycles. The number of hydrogen-bond donors (Lipinski definition) is 2. The van der Waals surface area contributed by atoms with E-state index in [1.165, 1.54) is 6.07 Å². The number of halogens is 3. The first-order chi connectivity index (χ1) is 9.38. The summed E-state index contributed by atoms with van der Waals surface area (Å²) in [4.78, 5) is 12.2. The van der Waals surface area contributed by atoms with Crippen molar-refractivity contribution >= 4 is 44.8 Å². The molecule has 20 heavy (non-hydrogen) atoms. The Hall–Kier alpha value is -1.59. The van der Waals surface area contributed by atoms with E-state index in [1.807, 2.05) is 6.92 Å². The van der Waals surface area contributed by atoms with Gasteiger partial charge in [-0.2, -0.15) is 0 Å². The molecule has 3 nitrogen and oxygen atoms in total. The van der Waals surface area contributed by atoms with Crippen molar-refractivity contribution in [1.82, 2.24) is 0 Å². The molecule has 0 heterocycles. The summed E-state index contributed by atoms with van der Waals surface area (Å²) in [6.07, 6.45) is 0. The maximum absolute atomic E-state index is 13.1. The largest absolute Gasteiger partial charge is 0.398 e. The summed E-state index contributed by atoms with van der Waals surface area (Å²) < 4.78 is 13.5. The molecule has 0 saturated carbocycles. The number of benzene rings is 2. The minimum Gasteiger partial charge on any atom is -0.398 e. The van der Waals surface area contributed by atoms with Crippen molar-refractivity contribution in [2.45, 2.75) is 6.92 Å². The fraction of sp³-hybridized carbons (Fsp3) is 0.0714. The zero-order valence-corrected chi connectivity index (χ0v) is 12.8. The van der Waals surface area contributed by atoms with Crippen molar-refractivity contribution in [3.05, 3.63) is 56.8 Å². The van der Waals surface area contributed by atoms with Crippen molar-refractivity contribution in [3.8, 4) is 0 Å². The molecule has 2 aromatic carbocycles. The fourth-order valence-electron chi connectivity index (χ4n) is 1.73. The predicted octanol–water partition coefficient (Wildman–Crippen LogP) is 4.38. The first-order valence-corrected chi connectivity index (χ1v) is 6.87. The maximum Gasteiger partial charge on any atom is 0.257 e. The van der Waals surface area contributed by atoms with E-state index < -0.39 is 11.7 Å². The van der Waals surface area contributed by atoms with Crippen LogP contribution in [0.15, 0.2) is 34.8 Å². The van der Waals surface area contributed by atoms with Gasteiger partial charge in [-0.25, -0.2) is 4.39 Å². The van der Waals surface area contributed by atoms with Crippen molar-refractivity contribution in [1.29, 1.82) is 0 Å². The standard InChI is InChI=1S/C14H11BrClFN2O/c1-7-2-3-9(12(18)4-7)14(20)19-13-10(15)5-8(17)6-11(13)16/h2-6H,18H2,1H3,(H,19,20). The van der Waals surface area contributed by atoms with E-state index in [2.05, 4.69) is 21.2 Å². The van der Waals surface area contributed by atoms with Gasteiger partial charge in [0.1, 0.15) is 5.82 Å². The van der Waals surface area contributed by atoms with E-state index in [4.69, 9.17) is 17.3 Å². The molecule has 2 aromatic rings. The predicted molar refractivity (Wildman–Crippen MR) is 82.7 cm³/mol. The third-order valence-corrected chi connectivity index (χ3v) is 3.62. The highest BCUT2D eigenvalue weighted by molar-refractivity contribution is 9.10. The Morgan fingerprint density at radius 2 is 2.05 bits per heavy atom. The van der Waals surface area contributed by atoms with Crippen molar-refractivity contribution < 1.29 is 9.18 Å². The molecule has 0 spiro atoms. The number of nitrogens with two attached hydrogens (primary N) is 1. The van der Waals surface area contributed by atoms with Gasteiger partial charge in [0, 0.05) is 10.2 Å². The van der Waals surface area contributed by atoms with E-state index >= 15 is 0 Å². The fourth-order valence-corrected chi connectivity index (χ4v) is 2.63. The van der Waals surface area contributed by atoms with Crippen LogP contribution in [-0.4, -0.2) is 5.91 Å². The summed E-state index contributed by atoms with van der Waals surface area (Å²) in [6, 6.07) is 7.47. The Morgan fingerprint density at radius 1 is 1.35 bits per heavy atom. The summed E-state index contributed by atoms with van der Waals surface area (Å²) in [5.74, 6) is -0.897. The summed E-state index contributed by atoms with van der Waals surface area (Å²) in [6.45, 7) is 1.88. The molecule has 0 radical (unpaired) electrons. The SMILES string of the molecule is Cc1ccc(C(=O)Nc2c(Cl)cc(F)cc2Br)c(N)c1. The summed E-state index contributed by atoms with van der Waals surface area (Å²) in [5.41, 5.74) is 7.78. The van der Waals surface area contributed by atoms with Crippen LogP contribution in [0.3, 0.4) is 0 Å². The number of amides is 1. The van der Waals surface area contributed by atoms with Gasteiger partial charge in [0.05, 0.1) is 16.3 Å². The second kappa shape index (κ2) is 5.81. The monoisotopic (exact) mass is 356 g/mol. The van der Waals surface area contributed by atoms with Gasteiger partial charge in [-0.15, -0.1) is 0 Å². The summed E-state index contributed by atoms with van der Waals surface area (Å²) in [5, 5.41) is 2.73. The third-order valence-electron chi connectivity index (χ3n) is 2.70. The number of nitrogen functional groups attached to an aromatic ring is 1. The highest BCUT2D eigenvalue weighted by Crippen LogP contribution is 2.32. The molecule has 0 fully saturated rings. The number of aryl methyl sites for hydroxylation is 1. The van der Waals surface area contributed by atoms with Crippen LogP contribution < -0.4 is 11.1 Å². The lowest BCUT2D eigenvalue weighted by Crippen LogP contribution is -2.15. The highest BCUT2D eigenvalue weighted by atomic mass is 79.9. The molecule has 104 valence electrons. The molecule has 0 aliphatic rings. The van der Waals surface area contributed by atoms with Crippen molar-refractivity contribution in [2.75, 3.05) is 11.1 Å². The topological polar surface area (TPSA) is 55.1 Å². The Bertz CT molecular complexity index is 668. The number of hydrogen-bond acceptors (Lipinski definition) is 2. The van der Waals surface area contributed by atoms with E-state index in [-0.39, 0.29) is 5.02 Å². The van der Waals surface area contributed by atoms with Gasteiger partial charge in [0.25, 0.3) is 5.91 Å². The van der Waals surface area contributed by atoms with Gasteiger partial charge >= 0.3 is 0 Å². The molecule has 0 unspecified atom stereocenters. The Morgan fingerprint density at radius 3 is 2.65 bits per heavy atom. The molecular formula is C14H11BrClFN2O. The molecule has 0 bridgehead atoms. The van der Waals surface area contributed by atoms with Crippen LogP contribution in [0, 0.1) is 12.7 Å². The number of anilines is 2. The second-order valence-corrected chi connectivity index (χ2v) is 5.55. The van der Waals surface area contributed by atoms with Crippen LogP contribution in [0.25, 0.3) is 0 Å². The van der Waals surface area contributed by atoms with Gasteiger partial charge in [0.15, 0.2) is 0 Å². The molecule has 6 heteroatoms. The van der Waals surface area contributed by atoms with Crippen molar-refractivity contribution in [2.24, 2.45) is 0 Å². The Labute approximate surface area is 129 Å². The first-order valence-electron chi connectivity index (χ1n) is 5.70. The van der Waals surface area contributed by atoms with Crippen LogP contribution in [0.4, 0.5) is 15.8 Å². The zero-order valence-electron chi connectivity index (χ0n) is 10.5. The average Bonchev–Trinajstić information content (AvgIpc) is 2.33. The average molecular weight is 358 g/mol. The molecular weight excluding hydrogens is 347 g/mol. The molecule has 3 N–H and O–H groups in total. The lowest BCUT2D eigenvalue weighted by Gasteiger charge is -2.11. The van der Waals surface area contributed by atoms with Crippen LogP contribution in [0.1, 0.15) is 15.9 Å². The normalized spacial score (nSPS) is 10.4. The number of carbonyl (C=O) groups excluding carboxylic acids is 1. The van der Waals surface area contributed by atoms with Crippen LogP contribution in [0.5, 0.6) is 0 Å². The van der Waals surface area contributed by atoms with Gasteiger partial charge < -0.3 is 11.1 Å². The molecule has 0 aliphatic carbocycles. The quantitative estimate of drug-likeness (QED) is 0.783. The highest BCUT2D eigenvalue weighted by Gasteiger charge is 2.14. The molecule has 0 atom stereocenters. The molecule has 0 saturated heterocycles. The Kier molecular flexibility index (Phi) is 4.30. The first kappa shape index (κ1) is 14.8. The molecule has 2 rings (SSSR count). The Balaban J connectivity index is 2.33. The second-order valence-electron chi connectivity index (χ2n) is 4.29. The van der Waals surface area contributed by atoms with Gasteiger partial charge in [0.2, 0.25) is 0 Å². The molecule has 1 amide bonds. The van der Waals surface area contributed by atoms with E-state index in [1.54, 1.807) is 18.2 Å². The number of nitrogens with one attached hydrogen (secondary N) is 1. The number of carbonyl (C=O) groups is 1. The minimum atomic E-state index is -0.491. The summed E-state index contributed by atoms with van der Waals surface area (Å²) in [7, 11) is 0. The van der Waals surface area contributed by atoms with E-state index in [9.17, 15) is 9.18 Å². The lowest BCUT2D eigenvalue weighted by atomic mass is 10.1. The summed E-state index contributed by atoms with van der Waals surface area (Å²) >= 11 is 9.07. The smallest absolute Gasteiger partial charge is 0.257 e. The van der Waals surface area contributed by atoms with Crippen LogP contribution in [0.2, 0.25) is 5.02 Å². The minimum absolute atomic E-state index is 0.107. The molecule has 0 aliphatic heterocycles. The van der Waals surface area contributed by atoms with Crippen LogP contribution in [-0.2, 0) is 0 Å². The lowest BCUT2D eigenvalue weighted by molar-refractivity contribution is 0.102. The van der Waals surface area contributed by atoms with Crippen molar-refractivity contribution in [3.63, 3.8) is 0 Å². The number of rotatable bonds is 2. The van der Waals surface area contributed by atoms with Gasteiger partial charge in [-0.3, -0.25) is 4.79 Å². The van der Waals surface area contributed by atoms with E-state index in [0.717, 1.165) is 11.6 Å². The van der Waals surface area contributed by atoms with E-state index in [0.29, 0.717) is 21.4 Å². The maximum atomic E-state index is 13.1. The zero-order chi connectivity index (χ0) is 14.9. The van der Waals surface area contributed by atoms with Crippen LogP contribution >= 0.6 is 27.5 Å². The van der Waals surface area contributed by atoms with Gasteiger partial charge in [-0.1, -0.05) is 17.7 Å². The van der Waals surface area contributed by atoms with Gasteiger partial charge in [-0.05, 0) is 52.7 Å². The third kappa shape index (κ3) is 3.11.